The average Bonchev–Trinajstić information content (AvgIpc) is 2.42. The zero-order chi connectivity index (χ0) is 15.6. The molecule has 122 valence electrons. The Labute approximate surface area is 126 Å². The highest BCUT2D eigenvalue weighted by Gasteiger charge is 2.36. The molecule has 0 aliphatic heterocycles. The lowest BCUT2D eigenvalue weighted by Gasteiger charge is -2.35. The topological polar surface area (TPSA) is 84.9 Å². The Morgan fingerprint density at radius 3 is 2.43 bits per heavy atom. The van der Waals surface area contributed by atoms with Gasteiger partial charge in [0.05, 0.1) is 26.2 Å². The van der Waals surface area contributed by atoms with Crippen molar-refractivity contribution >= 4 is 11.9 Å². The van der Waals surface area contributed by atoms with Crippen LogP contribution < -0.4 is 5.32 Å². The monoisotopic (exact) mass is 301 g/mol. The van der Waals surface area contributed by atoms with Crippen LogP contribution in [0.5, 0.6) is 0 Å². The van der Waals surface area contributed by atoms with Crippen LogP contribution in [0.15, 0.2) is 0 Å². The summed E-state index contributed by atoms with van der Waals surface area (Å²) in [5, 5.41) is 11.9. The summed E-state index contributed by atoms with van der Waals surface area (Å²) in [5.74, 6) is -0.888. The molecule has 21 heavy (non-hydrogen) atoms. The van der Waals surface area contributed by atoms with Gasteiger partial charge in [-0.05, 0) is 18.3 Å². The highest BCUT2D eigenvalue weighted by molar-refractivity contribution is 5.78. The highest BCUT2D eigenvalue weighted by atomic mass is 16.5. The van der Waals surface area contributed by atoms with Crippen LogP contribution in [0.3, 0.4) is 0 Å². The summed E-state index contributed by atoms with van der Waals surface area (Å²) in [6, 6.07) is 0. The summed E-state index contributed by atoms with van der Waals surface area (Å²) in [6.45, 7) is 1.94. The van der Waals surface area contributed by atoms with Crippen LogP contribution >= 0.6 is 0 Å². The molecule has 1 rings (SSSR count). The summed E-state index contributed by atoms with van der Waals surface area (Å²) < 4.78 is 10.1. The minimum atomic E-state index is -0.812. The van der Waals surface area contributed by atoms with Gasteiger partial charge in [-0.3, -0.25) is 9.59 Å². The first-order chi connectivity index (χ1) is 10.1. The van der Waals surface area contributed by atoms with E-state index in [9.17, 15) is 9.59 Å². The molecule has 0 saturated heterocycles. The number of carbonyl (C=O) groups is 2. The number of ether oxygens (including phenoxy) is 2. The smallest absolute Gasteiger partial charge is 0.303 e. The van der Waals surface area contributed by atoms with Crippen molar-refractivity contribution in [2.75, 3.05) is 33.5 Å². The molecule has 6 heteroatoms. The van der Waals surface area contributed by atoms with Gasteiger partial charge in [0, 0.05) is 20.1 Å². The molecule has 0 aromatic heterocycles. The number of amides is 1. The Morgan fingerprint density at radius 1 is 1.10 bits per heavy atom. The van der Waals surface area contributed by atoms with Gasteiger partial charge in [0.25, 0.3) is 0 Å². The van der Waals surface area contributed by atoms with E-state index in [1.807, 2.05) is 0 Å². The summed E-state index contributed by atoms with van der Waals surface area (Å²) in [5.41, 5.74) is -0.356. The Bertz CT molecular complexity index is 326. The summed E-state index contributed by atoms with van der Waals surface area (Å²) >= 11 is 0. The van der Waals surface area contributed by atoms with Crippen molar-refractivity contribution in [2.24, 2.45) is 5.41 Å². The molecule has 1 aliphatic rings. The number of carbonyl (C=O) groups excluding carboxylic acids is 1. The van der Waals surface area contributed by atoms with Crippen LogP contribution in [0.2, 0.25) is 0 Å². The minimum absolute atomic E-state index is 0.0755. The number of hydrogen-bond donors (Lipinski definition) is 2. The van der Waals surface area contributed by atoms with Crippen LogP contribution in [0.1, 0.15) is 44.9 Å². The van der Waals surface area contributed by atoms with Crippen molar-refractivity contribution in [1.29, 1.82) is 0 Å². The second kappa shape index (κ2) is 9.73. The van der Waals surface area contributed by atoms with Gasteiger partial charge in [0.15, 0.2) is 0 Å². The number of carboxylic acid groups (broad SMARTS) is 1. The maximum absolute atomic E-state index is 12.0. The third kappa shape index (κ3) is 7.43. The van der Waals surface area contributed by atoms with E-state index < -0.39 is 5.97 Å². The van der Waals surface area contributed by atoms with Crippen molar-refractivity contribution in [1.82, 2.24) is 5.32 Å². The van der Waals surface area contributed by atoms with Crippen molar-refractivity contribution in [3.8, 4) is 0 Å². The van der Waals surface area contributed by atoms with Gasteiger partial charge in [-0.25, -0.2) is 0 Å². The molecule has 1 amide bonds. The number of hydrogen-bond acceptors (Lipinski definition) is 4. The number of aliphatic carboxylic acids is 1. The first kappa shape index (κ1) is 17.9. The van der Waals surface area contributed by atoms with E-state index >= 15 is 0 Å². The molecule has 1 saturated carbocycles. The van der Waals surface area contributed by atoms with Gasteiger partial charge in [0.1, 0.15) is 0 Å². The molecule has 0 aromatic rings. The maximum Gasteiger partial charge on any atom is 0.303 e. The lowest BCUT2D eigenvalue weighted by Crippen LogP contribution is -2.36. The lowest BCUT2D eigenvalue weighted by molar-refractivity contribution is -0.141. The van der Waals surface area contributed by atoms with E-state index in [2.05, 4.69) is 5.32 Å². The Hall–Kier alpha value is -1.14. The second-order valence-corrected chi connectivity index (χ2v) is 5.76. The molecule has 0 radical (unpaired) electrons. The van der Waals surface area contributed by atoms with E-state index in [0.29, 0.717) is 32.8 Å². The molecule has 0 bridgehead atoms. The quantitative estimate of drug-likeness (QED) is 0.598. The molecule has 0 unspecified atom stereocenters. The van der Waals surface area contributed by atoms with E-state index in [1.54, 1.807) is 7.11 Å². The molecule has 6 nitrogen and oxygen atoms in total. The van der Waals surface area contributed by atoms with Crippen LogP contribution in [0, 0.1) is 5.41 Å². The van der Waals surface area contributed by atoms with Crippen molar-refractivity contribution in [3.05, 3.63) is 0 Å². The molecule has 1 aliphatic carbocycles. The Kier molecular flexibility index (Phi) is 8.30. The van der Waals surface area contributed by atoms with Gasteiger partial charge >= 0.3 is 5.97 Å². The van der Waals surface area contributed by atoms with Crippen molar-refractivity contribution in [2.45, 2.75) is 44.9 Å². The molecular weight excluding hydrogens is 274 g/mol. The predicted octanol–water partition coefficient (Wildman–Crippen LogP) is 1.58. The Balaban J connectivity index is 2.30. The van der Waals surface area contributed by atoms with E-state index in [0.717, 1.165) is 32.1 Å². The molecule has 2 N–H and O–H groups in total. The first-order valence-corrected chi connectivity index (χ1v) is 7.63. The third-order valence-electron chi connectivity index (χ3n) is 3.98. The molecular formula is C15H27NO5. The standard InChI is InChI=1S/C15H27NO5/c1-20-9-10-21-8-7-16-13(17)11-15(12-14(18)19)5-3-2-4-6-15/h2-12H2,1H3,(H,16,17)(H,18,19). The van der Waals surface area contributed by atoms with Crippen LogP contribution in [0.25, 0.3) is 0 Å². The normalized spacial score (nSPS) is 17.4. The van der Waals surface area contributed by atoms with Gasteiger partial charge in [-0.1, -0.05) is 19.3 Å². The van der Waals surface area contributed by atoms with Crippen molar-refractivity contribution in [3.63, 3.8) is 0 Å². The summed E-state index contributed by atoms with van der Waals surface area (Å²) in [4.78, 5) is 23.1. The largest absolute Gasteiger partial charge is 0.481 e. The van der Waals surface area contributed by atoms with Crippen LogP contribution in [-0.4, -0.2) is 50.5 Å². The van der Waals surface area contributed by atoms with E-state index in [-0.39, 0.29) is 17.7 Å². The van der Waals surface area contributed by atoms with E-state index in [1.165, 1.54) is 0 Å². The maximum atomic E-state index is 12.0. The van der Waals surface area contributed by atoms with Crippen molar-refractivity contribution < 1.29 is 24.2 Å². The molecule has 0 heterocycles. The minimum Gasteiger partial charge on any atom is -0.481 e. The summed E-state index contributed by atoms with van der Waals surface area (Å²) in [6.07, 6.45) is 5.22. The summed E-state index contributed by atoms with van der Waals surface area (Å²) in [7, 11) is 1.61. The van der Waals surface area contributed by atoms with Gasteiger partial charge < -0.3 is 19.9 Å². The van der Waals surface area contributed by atoms with Gasteiger partial charge in [-0.2, -0.15) is 0 Å². The molecule has 0 atom stereocenters. The predicted molar refractivity (Wildman–Crippen MR) is 78.1 cm³/mol. The SMILES string of the molecule is COCCOCCNC(=O)CC1(CC(=O)O)CCCCC1. The number of carboxylic acids is 1. The van der Waals surface area contributed by atoms with Crippen LogP contribution in [0.4, 0.5) is 0 Å². The number of nitrogens with one attached hydrogen (secondary N) is 1. The fraction of sp³-hybridized carbons (Fsp3) is 0.867. The van der Waals surface area contributed by atoms with Gasteiger partial charge in [-0.15, -0.1) is 0 Å². The van der Waals surface area contributed by atoms with Crippen LogP contribution in [-0.2, 0) is 19.1 Å². The average molecular weight is 301 g/mol. The third-order valence-corrected chi connectivity index (χ3v) is 3.98. The highest BCUT2D eigenvalue weighted by Crippen LogP contribution is 2.42. The zero-order valence-corrected chi connectivity index (χ0v) is 12.9. The van der Waals surface area contributed by atoms with Gasteiger partial charge in [0.2, 0.25) is 5.91 Å². The molecule has 0 spiro atoms. The molecule has 0 aromatic carbocycles. The number of methoxy groups -OCH3 is 1. The molecule has 1 fully saturated rings. The number of rotatable bonds is 10. The zero-order valence-electron chi connectivity index (χ0n) is 12.9. The second-order valence-electron chi connectivity index (χ2n) is 5.76. The lowest BCUT2D eigenvalue weighted by atomic mass is 9.69. The Morgan fingerprint density at radius 2 is 1.81 bits per heavy atom. The fourth-order valence-corrected chi connectivity index (χ4v) is 2.95. The fourth-order valence-electron chi connectivity index (χ4n) is 2.95. The van der Waals surface area contributed by atoms with E-state index in [4.69, 9.17) is 14.6 Å². The first-order valence-electron chi connectivity index (χ1n) is 7.63.